The first-order valence-corrected chi connectivity index (χ1v) is 27.2. The number of anilines is 5. The van der Waals surface area contributed by atoms with Crippen LogP contribution in [0.4, 0.5) is 28.4 Å². The summed E-state index contributed by atoms with van der Waals surface area (Å²) in [6.07, 6.45) is 3.24. The summed E-state index contributed by atoms with van der Waals surface area (Å²) in [7, 11) is 0. The van der Waals surface area contributed by atoms with E-state index in [0.29, 0.717) is 0 Å². The molecule has 0 saturated heterocycles. The summed E-state index contributed by atoms with van der Waals surface area (Å²) in [5.41, 5.74) is 27.4. The number of benzene rings is 7. The molecule has 3 nitrogen and oxygen atoms in total. The normalized spacial score (nSPS) is 17.7. The zero-order valence-electron chi connectivity index (χ0n) is 46.6. The fourth-order valence-corrected chi connectivity index (χ4v) is 13.3. The maximum Gasteiger partial charge on any atom is 0.247 e. The average Bonchev–Trinajstić information content (AvgIpc) is 3.70. The van der Waals surface area contributed by atoms with Crippen molar-refractivity contribution in [1.82, 2.24) is 0 Å². The molecule has 7 aromatic carbocycles. The van der Waals surface area contributed by atoms with Crippen molar-refractivity contribution < 1.29 is 4.74 Å². The standard InChI is InChI=1S/C69H75BN2O/c1-41-33-58-62-59(34-41)72(56-30-27-46(66(8,9)10)36-48(56)42-21-24-44(25-22-42)64(2,3)4)57-40-61-53(69(15,16)51-19-17-18-20-60(51)73-61)39-54(57)70(62)55-35-43-23-26-45(65(5,6)7)37-49(43)63(55)71(58)47-28-29-50-52(38-47)68(13,14)32-31-67(50,11)12/h17-30,33-34,36-40H,31-32,35H2,1-16H3. The molecule has 370 valence electrons. The Morgan fingerprint density at radius 2 is 1.10 bits per heavy atom. The summed E-state index contributed by atoms with van der Waals surface area (Å²) in [5.74, 6) is 1.87. The third-order valence-corrected chi connectivity index (χ3v) is 17.9. The minimum atomic E-state index is -0.295. The molecule has 0 aromatic heterocycles. The molecule has 5 aliphatic rings. The minimum Gasteiger partial charge on any atom is -0.457 e. The SMILES string of the molecule is Cc1cc2c3c(c1)N(c1ccc(C(C)(C)C)cc1-c1ccc(C(C)(C)C)cc1)c1cc4c(cc1B3C1=C(c3cc(C(C)(C)C)ccc3C1)N2c1ccc2c(c1)C(C)(C)CCC2(C)C)C(C)(C)c1ccccc1O4. The molecule has 0 amide bonds. The van der Waals surface area contributed by atoms with Crippen LogP contribution in [0.5, 0.6) is 11.5 Å². The Kier molecular flexibility index (Phi) is 10.2. The number of rotatable bonds is 3. The van der Waals surface area contributed by atoms with Gasteiger partial charge in [0.15, 0.2) is 0 Å². The molecule has 3 heterocycles. The van der Waals surface area contributed by atoms with Crippen LogP contribution in [0, 0.1) is 6.92 Å². The lowest BCUT2D eigenvalue weighted by molar-refractivity contribution is 0.332. The van der Waals surface area contributed by atoms with Crippen molar-refractivity contribution in [3.05, 3.63) is 189 Å². The highest BCUT2D eigenvalue weighted by atomic mass is 16.5. The summed E-state index contributed by atoms with van der Waals surface area (Å²) in [5, 5.41) is 0. The van der Waals surface area contributed by atoms with E-state index in [0.717, 1.165) is 17.9 Å². The predicted molar refractivity (Wildman–Crippen MR) is 312 cm³/mol. The first kappa shape index (κ1) is 47.7. The van der Waals surface area contributed by atoms with Crippen LogP contribution in [0.1, 0.15) is 172 Å². The molecule has 0 radical (unpaired) electrons. The van der Waals surface area contributed by atoms with E-state index in [2.05, 4.69) is 248 Å². The summed E-state index contributed by atoms with van der Waals surface area (Å²) < 4.78 is 7.09. The topological polar surface area (TPSA) is 15.7 Å². The quantitative estimate of drug-likeness (QED) is 0.164. The molecule has 0 atom stereocenters. The minimum absolute atomic E-state index is 0.00299. The summed E-state index contributed by atoms with van der Waals surface area (Å²) in [6, 6.07) is 50.3. The molecule has 0 unspecified atom stereocenters. The zero-order chi connectivity index (χ0) is 51.7. The zero-order valence-corrected chi connectivity index (χ0v) is 46.6. The van der Waals surface area contributed by atoms with E-state index in [9.17, 15) is 0 Å². The van der Waals surface area contributed by atoms with Gasteiger partial charge in [-0.05, 0) is 157 Å². The van der Waals surface area contributed by atoms with Gasteiger partial charge in [0.2, 0.25) is 6.71 Å². The maximum absolute atomic E-state index is 7.09. The second kappa shape index (κ2) is 15.6. The van der Waals surface area contributed by atoms with Crippen LogP contribution in [0.15, 0.2) is 133 Å². The van der Waals surface area contributed by atoms with Gasteiger partial charge in [-0.2, -0.15) is 0 Å². The van der Waals surface area contributed by atoms with Crippen LogP contribution in [-0.2, 0) is 38.9 Å². The van der Waals surface area contributed by atoms with Gasteiger partial charge in [0.05, 0.1) is 5.69 Å². The third kappa shape index (κ3) is 7.34. The highest BCUT2D eigenvalue weighted by molar-refractivity contribution is 6.96. The first-order valence-electron chi connectivity index (χ1n) is 27.2. The number of aryl methyl sites for hydroxylation is 1. The van der Waals surface area contributed by atoms with Gasteiger partial charge in [0.25, 0.3) is 0 Å². The molecular formula is C69H75BN2O. The summed E-state index contributed by atoms with van der Waals surface area (Å²) >= 11 is 0. The van der Waals surface area contributed by atoms with Crippen LogP contribution >= 0.6 is 0 Å². The van der Waals surface area contributed by atoms with Gasteiger partial charge in [0, 0.05) is 62.2 Å². The van der Waals surface area contributed by atoms with Crippen LogP contribution in [-0.4, -0.2) is 6.71 Å². The van der Waals surface area contributed by atoms with Crippen LogP contribution in [0.2, 0.25) is 0 Å². The lowest BCUT2D eigenvalue weighted by Gasteiger charge is -2.46. The van der Waals surface area contributed by atoms with E-state index in [1.165, 1.54) is 130 Å². The van der Waals surface area contributed by atoms with E-state index in [1.54, 1.807) is 0 Å². The lowest BCUT2D eigenvalue weighted by atomic mass is 9.32. The molecule has 3 aliphatic heterocycles. The molecule has 2 aliphatic carbocycles. The van der Waals surface area contributed by atoms with Gasteiger partial charge in [-0.1, -0.05) is 182 Å². The van der Waals surface area contributed by atoms with E-state index in [4.69, 9.17) is 4.74 Å². The highest BCUT2D eigenvalue weighted by Crippen LogP contribution is 2.56. The van der Waals surface area contributed by atoms with Gasteiger partial charge < -0.3 is 14.5 Å². The number of hydrogen-bond acceptors (Lipinski definition) is 3. The van der Waals surface area contributed by atoms with Crippen molar-refractivity contribution in [2.45, 2.75) is 163 Å². The molecule has 4 heteroatoms. The average molecular weight is 959 g/mol. The van der Waals surface area contributed by atoms with Crippen molar-refractivity contribution in [2.75, 3.05) is 9.80 Å². The Bertz CT molecular complexity index is 3510. The molecular weight excluding hydrogens is 884 g/mol. The van der Waals surface area contributed by atoms with Gasteiger partial charge in [-0.25, -0.2) is 0 Å². The van der Waals surface area contributed by atoms with Crippen LogP contribution in [0.25, 0.3) is 16.8 Å². The smallest absolute Gasteiger partial charge is 0.247 e. The maximum atomic E-state index is 7.09. The Morgan fingerprint density at radius 1 is 0.493 bits per heavy atom. The number of para-hydroxylation sites is 1. The van der Waals surface area contributed by atoms with Crippen molar-refractivity contribution in [3.8, 4) is 22.6 Å². The number of fused-ring (bicyclic) bond motifs is 8. The molecule has 0 spiro atoms. The Labute approximate surface area is 437 Å². The molecule has 0 bridgehead atoms. The molecule has 12 rings (SSSR count). The van der Waals surface area contributed by atoms with Crippen molar-refractivity contribution in [2.24, 2.45) is 0 Å². The number of allylic oxidation sites excluding steroid dienone is 1. The number of nitrogens with zero attached hydrogens (tertiary/aromatic N) is 2. The lowest BCUT2D eigenvalue weighted by Crippen LogP contribution is -2.56. The van der Waals surface area contributed by atoms with Crippen LogP contribution < -0.4 is 25.5 Å². The monoisotopic (exact) mass is 959 g/mol. The van der Waals surface area contributed by atoms with Crippen molar-refractivity contribution >= 4 is 51.8 Å². The van der Waals surface area contributed by atoms with Gasteiger partial charge in [-0.3, -0.25) is 0 Å². The molecule has 73 heavy (non-hydrogen) atoms. The van der Waals surface area contributed by atoms with E-state index < -0.39 is 0 Å². The summed E-state index contributed by atoms with van der Waals surface area (Å²) in [4.78, 5) is 5.35. The molecule has 0 N–H and O–H groups in total. The highest BCUT2D eigenvalue weighted by Gasteiger charge is 2.50. The van der Waals surface area contributed by atoms with Gasteiger partial charge >= 0.3 is 0 Å². The second-order valence-corrected chi connectivity index (χ2v) is 27.4. The number of ether oxygens (including phenoxy) is 1. The molecule has 7 aromatic rings. The largest absolute Gasteiger partial charge is 0.457 e. The van der Waals surface area contributed by atoms with E-state index in [-0.39, 0.29) is 39.2 Å². The van der Waals surface area contributed by atoms with Crippen molar-refractivity contribution in [3.63, 3.8) is 0 Å². The molecule has 0 fully saturated rings. The first-order chi connectivity index (χ1) is 34.2. The Hall–Kier alpha value is -6.26. The number of hydrogen-bond donors (Lipinski definition) is 0. The fraction of sp³-hybridized carbons (Fsp3) is 0.362. The summed E-state index contributed by atoms with van der Waals surface area (Å²) in [6.45, 7) is 37.9. The Morgan fingerprint density at radius 3 is 1.77 bits per heavy atom. The van der Waals surface area contributed by atoms with E-state index in [1.807, 2.05) is 0 Å². The van der Waals surface area contributed by atoms with Crippen LogP contribution in [0.3, 0.4) is 0 Å². The Balaban J connectivity index is 1.19. The van der Waals surface area contributed by atoms with Crippen molar-refractivity contribution in [1.29, 1.82) is 0 Å². The van der Waals surface area contributed by atoms with Gasteiger partial charge in [-0.15, -0.1) is 0 Å². The third-order valence-electron chi connectivity index (χ3n) is 17.9. The van der Waals surface area contributed by atoms with Gasteiger partial charge in [0.1, 0.15) is 11.5 Å². The molecule has 0 saturated carbocycles. The second-order valence-electron chi connectivity index (χ2n) is 27.4. The fourth-order valence-electron chi connectivity index (χ4n) is 13.3. The predicted octanol–water partition coefficient (Wildman–Crippen LogP) is 17.4. The van der Waals surface area contributed by atoms with E-state index >= 15 is 0 Å².